The Labute approximate surface area is 116 Å². The van der Waals surface area contributed by atoms with Crippen molar-refractivity contribution in [3.05, 3.63) is 0 Å². The van der Waals surface area contributed by atoms with Gasteiger partial charge in [0.15, 0.2) is 5.25 Å². The van der Waals surface area contributed by atoms with Crippen molar-refractivity contribution in [2.45, 2.75) is 11.7 Å². The molecule has 0 aromatic heterocycles. The zero-order valence-electron chi connectivity index (χ0n) is 5.67. The van der Waals surface area contributed by atoms with Crippen LogP contribution in [0.25, 0.3) is 0 Å². The zero-order chi connectivity index (χ0) is 9.94. The van der Waals surface area contributed by atoms with Crippen LogP contribution in [0.5, 0.6) is 0 Å². The second-order valence-electron chi connectivity index (χ2n) is 1.94. The van der Waals surface area contributed by atoms with Crippen LogP contribution in [0.3, 0.4) is 0 Å². The number of carboxylic acids is 2. The average molecular weight is 238 g/mol. The summed E-state index contributed by atoms with van der Waals surface area (Å²) in [5.74, 6) is -3.50. The molecule has 0 amide bonds. The van der Waals surface area contributed by atoms with Crippen molar-refractivity contribution >= 4 is 73.4 Å². The van der Waals surface area contributed by atoms with Crippen molar-refractivity contribution in [2.75, 3.05) is 0 Å². The van der Waals surface area contributed by atoms with Crippen molar-refractivity contribution in [2.24, 2.45) is 0 Å². The molecule has 0 aromatic rings. The number of rotatable bonds is 4. The normalized spacial score (nSPS) is 12.7. The topological polar surface area (TPSA) is 129 Å². The number of aliphatic carboxylic acids is 2. The summed E-state index contributed by atoms with van der Waals surface area (Å²) in [5, 5.41) is 13.9. The standard InChI is InChI=1S/C4H6O7S.K.H/c5-3(6)1-2(4(7)8)12(9,10)11;;/h2H,1H2,(H,5,6)(H,7,8)(H,9,10,11);;. The van der Waals surface area contributed by atoms with Gasteiger partial charge in [0.25, 0.3) is 10.1 Å². The van der Waals surface area contributed by atoms with Gasteiger partial charge in [0.1, 0.15) is 0 Å². The van der Waals surface area contributed by atoms with Crippen LogP contribution in [-0.4, -0.2) is 91.8 Å². The van der Waals surface area contributed by atoms with Crippen LogP contribution in [0, 0.1) is 0 Å². The van der Waals surface area contributed by atoms with Gasteiger partial charge >= 0.3 is 63.3 Å². The Balaban J connectivity index is 0. The molecule has 0 radical (unpaired) electrons. The van der Waals surface area contributed by atoms with Gasteiger partial charge < -0.3 is 10.2 Å². The summed E-state index contributed by atoms with van der Waals surface area (Å²) in [7, 11) is -4.84. The molecule has 13 heavy (non-hydrogen) atoms. The van der Waals surface area contributed by atoms with Gasteiger partial charge in [0.2, 0.25) is 0 Å². The zero-order valence-corrected chi connectivity index (χ0v) is 6.48. The van der Waals surface area contributed by atoms with E-state index in [0.717, 1.165) is 0 Å². The molecule has 0 aliphatic rings. The fourth-order valence-electron chi connectivity index (χ4n) is 0.479. The first kappa shape index (κ1) is 15.9. The minimum absolute atomic E-state index is 0. The summed E-state index contributed by atoms with van der Waals surface area (Å²) < 4.78 is 28.7. The molecule has 3 N–H and O–H groups in total. The van der Waals surface area contributed by atoms with E-state index in [1.54, 1.807) is 0 Å². The van der Waals surface area contributed by atoms with Crippen molar-refractivity contribution < 1.29 is 32.8 Å². The predicted molar refractivity (Wildman–Crippen MR) is 42.4 cm³/mol. The Bertz CT molecular complexity index is 294. The van der Waals surface area contributed by atoms with Crippen LogP contribution >= 0.6 is 0 Å². The van der Waals surface area contributed by atoms with E-state index >= 15 is 0 Å². The van der Waals surface area contributed by atoms with Gasteiger partial charge in [0.05, 0.1) is 6.42 Å². The SMILES string of the molecule is O=C(O)CC(C(=O)O)S(=O)(=O)O.[KH]. The number of hydrogen-bond acceptors (Lipinski definition) is 4. The first-order valence-electron chi connectivity index (χ1n) is 2.66. The van der Waals surface area contributed by atoms with E-state index < -0.39 is 33.7 Å². The van der Waals surface area contributed by atoms with Gasteiger partial charge in [-0.3, -0.25) is 14.1 Å². The van der Waals surface area contributed by atoms with Crippen molar-refractivity contribution in [1.29, 1.82) is 0 Å². The number of hydrogen-bond donors (Lipinski definition) is 3. The molecule has 0 spiro atoms. The van der Waals surface area contributed by atoms with E-state index in [0.29, 0.717) is 0 Å². The molecule has 0 aromatic carbocycles. The molecule has 1 atom stereocenters. The molecule has 0 fully saturated rings. The molecule has 7 nitrogen and oxygen atoms in total. The van der Waals surface area contributed by atoms with Crippen LogP contribution in [0.1, 0.15) is 6.42 Å². The Morgan fingerprint density at radius 3 is 1.69 bits per heavy atom. The Kier molecular flexibility index (Phi) is 7.43. The van der Waals surface area contributed by atoms with Crippen LogP contribution in [0.2, 0.25) is 0 Å². The van der Waals surface area contributed by atoms with Gasteiger partial charge in [0, 0.05) is 0 Å². The van der Waals surface area contributed by atoms with Crippen LogP contribution in [0.4, 0.5) is 0 Å². The van der Waals surface area contributed by atoms with Gasteiger partial charge in [-0.15, -0.1) is 0 Å². The summed E-state index contributed by atoms with van der Waals surface area (Å²) in [4.78, 5) is 20.0. The van der Waals surface area contributed by atoms with E-state index in [1.165, 1.54) is 0 Å². The summed E-state index contributed by atoms with van der Waals surface area (Å²) in [6.07, 6.45) is -1.16. The van der Waals surface area contributed by atoms with E-state index in [4.69, 9.17) is 14.8 Å². The van der Waals surface area contributed by atoms with Crippen molar-refractivity contribution in [1.82, 2.24) is 0 Å². The molecule has 1 unspecified atom stereocenters. The third-order valence-electron chi connectivity index (χ3n) is 0.995. The van der Waals surface area contributed by atoms with Crippen molar-refractivity contribution in [3.63, 3.8) is 0 Å². The summed E-state index contributed by atoms with van der Waals surface area (Å²) in [5.41, 5.74) is 0. The third kappa shape index (κ3) is 6.54. The van der Waals surface area contributed by atoms with Crippen molar-refractivity contribution in [3.8, 4) is 0 Å². The molecule has 0 saturated carbocycles. The molecule has 0 aliphatic carbocycles. The van der Waals surface area contributed by atoms with Crippen LogP contribution < -0.4 is 0 Å². The molecule has 0 rings (SSSR count). The molecule has 0 bridgehead atoms. The molecule has 72 valence electrons. The Morgan fingerprint density at radius 2 is 1.62 bits per heavy atom. The van der Waals surface area contributed by atoms with E-state index in [2.05, 4.69) is 0 Å². The number of carbonyl (C=O) groups is 2. The fraction of sp³-hybridized carbons (Fsp3) is 0.500. The summed E-state index contributed by atoms with van der Waals surface area (Å²) in [6.45, 7) is 0. The second kappa shape index (κ2) is 6.06. The van der Waals surface area contributed by atoms with Gasteiger partial charge in [-0.1, -0.05) is 0 Å². The van der Waals surface area contributed by atoms with Crippen LogP contribution in [0.15, 0.2) is 0 Å². The van der Waals surface area contributed by atoms with Gasteiger partial charge in [-0.05, 0) is 0 Å². The van der Waals surface area contributed by atoms with E-state index in [1.807, 2.05) is 0 Å². The third-order valence-corrected chi connectivity index (χ3v) is 2.08. The summed E-state index contributed by atoms with van der Waals surface area (Å²) in [6, 6.07) is 0. The minimum atomic E-state index is -4.84. The fourth-order valence-corrected chi connectivity index (χ4v) is 1.09. The quantitative estimate of drug-likeness (QED) is 0.387. The maximum absolute atomic E-state index is 10.2. The predicted octanol–water partition coefficient (Wildman–Crippen LogP) is -1.85. The first-order valence-corrected chi connectivity index (χ1v) is 4.16. The average Bonchev–Trinajstić information content (AvgIpc) is 1.79. The Morgan fingerprint density at radius 1 is 1.23 bits per heavy atom. The summed E-state index contributed by atoms with van der Waals surface area (Å²) >= 11 is 0. The van der Waals surface area contributed by atoms with Crippen LogP contribution in [-0.2, 0) is 19.7 Å². The molecule has 0 saturated heterocycles. The number of carboxylic acid groups (broad SMARTS) is 2. The van der Waals surface area contributed by atoms with Gasteiger partial charge in [-0.25, -0.2) is 0 Å². The molecular formula is C4H7KO7S. The monoisotopic (exact) mass is 238 g/mol. The van der Waals surface area contributed by atoms with E-state index in [9.17, 15) is 18.0 Å². The molecule has 0 aliphatic heterocycles. The second-order valence-corrected chi connectivity index (χ2v) is 3.54. The Hall–Kier alpha value is 0.486. The molecule has 0 heterocycles. The first-order chi connectivity index (χ1) is 5.25. The molecular weight excluding hydrogens is 231 g/mol. The van der Waals surface area contributed by atoms with Gasteiger partial charge in [-0.2, -0.15) is 8.42 Å². The maximum atomic E-state index is 10.2. The molecule has 9 heteroatoms. The van der Waals surface area contributed by atoms with E-state index in [-0.39, 0.29) is 51.4 Å².